The Morgan fingerprint density at radius 2 is 1.88 bits per heavy atom. The molecule has 17 heavy (non-hydrogen) atoms. The zero-order valence-electron chi connectivity index (χ0n) is 9.90. The zero-order chi connectivity index (χ0) is 12.9. The van der Waals surface area contributed by atoms with Crippen molar-refractivity contribution < 1.29 is 9.53 Å². The largest absolute Gasteiger partial charge is 0.438 e. The van der Waals surface area contributed by atoms with E-state index in [9.17, 15) is 4.79 Å². The molecule has 0 aromatic rings. The molecule has 0 aromatic carbocycles. The first kappa shape index (κ1) is 15.7. The third-order valence-electron chi connectivity index (χ3n) is 2.85. The summed E-state index contributed by atoms with van der Waals surface area (Å²) in [4.78, 5) is 11.5. The molecule has 0 saturated carbocycles. The van der Waals surface area contributed by atoms with E-state index in [1.54, 1.807) is 0 Å². The number of cyclic esters (lactones) is 1. The van der Waals surface area contributed by atoms with E-state index >= 15 is 0 Å². The number of rotatable bonds is 7. The average Bonchev–Trinajstić information content (AvgIpc) is 2.52. The first-order valence-corrected chi connectivity index (χ1v) is 8.63. The van der Waals surface area contributed by atoms with Gasteiger partial charge in [0, 0.05) is 5.57 Å². The van der Waals surface area contributed by atoms with Crippen LogP contribution in [0.1, 0.15) is 45.4 Å². The number of carbonyl (C=O) groups excluding carboxylic acids is 1. The fourth-order valence-corrected chi connectivity index (χ4v) is 3.71. The van der Waals surface area contributed by atoms with Crippen LogP contribution in [0.15, 0.2) is 10.1 Å². The molecule has 5 heteroatoms. The van der Waals surface area contributed by atoms with Gasteiger partial charge in [-0.3, -0.25) is 0 Å². The molecule has 1 heterocycles. The van der Waals surface area contributed by atoms with E-state index in [1.807, 2.05) is 0 Å². The van der Waals surface area contributed by atoms with Crippen molar-refractivity contribution in [1.29, 1.82) is 0 Å². The van der Waals surface area contributed by atoms with Crippen molar-refractivity contribution in [1.82, 2.24) is 0 Å². The topological polar surface area (TPSA) is 26.3 Å². The summed E-state index contributed by atoms with van der Waals surface area (Å²) in [5, 5.41) is 0.575. The molecule has 0 radical (unpaired) electrons. The predicted molar refractivity (Wildman–Crippen MR) is 80.9 cm³/mol. The van der Waals surface area contributed by atoms with Crippen molar-refractivity contribution in [2.75, 3.05) is 5.33 Å². The van der Waals surface area contributed by atoms with Crippen LogP contribution in [-0.2, 0) is 9.53 Å². The second kappa shape index (κ2) is 7.29. The van der Waals surface area contributed by atoms with Gasteiger partial charge in [0.15, 0.2) is 4.51 Å². The molecular weight excluding hydrogens is 416 g/mol. The van der Waals surface area contributed by atoms with Gasteiger partial charge in [-0.15, -0.1) is 0 Å². The molecule has 0 fully saturated rings. The molecule has 0 spiro atoms. The molecule has 2 nitrogen and oxygen atoms in total. The van der Waals surface area contributed by atoms with Crippen LogP contribution in [0, 0.1) is 0 Å². The first-order valence-electron chi connectivity index (χ1n) is 5.92. The summed E-state index contributed by atoms with van der Waals surface area (Å²) in [5.41, 5.74) is 1.02. The highest BCUT2D eigenvalue weighted by Crippen LogP contribution is 2.44. The molecule has 0 bridgehead atoms. The maximum absolute atomic E-state index is 11.5. The quantitative estimate of drug-likeness (QED) is 0.320. The Bertz CT molecular complexity index is 315. The van der Waals surface area contributed by atoms with Crippen molar-refractivity contribution >= 4 is 53.8 Å². The maximum atomic E-state index is 11.5. The molecule has 0 amide bonds. The lowest BCUT2D eigenvalue weighted by atomic mass is 10.0. The van der Waals surface area contributed by atoms with Gasteiger partial charge in [0.25, 0.3) is 0 Å². The predicted octanol–water partition coefficient (Wildman–Crippen LogP) is 5.04. The molecule has 0 N–H and O–H groups in total. The zero-order valence-corrected chi connectivity index (χ0v) is 14.7. The Labute approximate surface area is 128 Å². The summed E-state index contributed by atoms with van der Waals surface area (Å²) in [5.74, 6) is -0.273. The number of hydrogen-bond donors (Lipinski definition) is 0. The third kappa shape index (κ3) is 4.06. The first-order chi connectivity index (χ1) is 8.05. The van der Waals surface area contributed by atoms with E-state index in [1.165, 1.54) is 25.7 Å². The number of halogens is 3. The Hall–Kier alpha value is 0.650. The van der Waals surface area contributed by atoms with Crippen LogP contribution in [0.4, 0.5) is 0 Å². The van der Waals surface area contributed by atoms with Gasteiger partial charge in [0.05, 0.1) is 5.33 Å². The van der Waals surface area contributed by atoms with E-state index < -0.39 is 4.51 Å². The van der Waals surface area contributed by atoms with Crippen LogP contribution in [0.2, 0.25) is 0 Å². The minimum absolute atomic E-state index is 0.273. The third-order valence-corrected chi connectivity index (χ3v) is 6.12. The molecule has 1 aliphatic rings. The Kier molecular flexibility index (Phi) is 6.74. The summed E-state index contributed by atoms with van der Waals surface area (Å²) >= 11 is 10.2. The highest BCUT2D eigenvalue weighted by Gasteiger charge is 2.43. The molecular formula is C12H17Br3O2. The molecule has 0 saturated heterocycles. The van der Waals surface area contributed by atoms with Crippen molar-refractivity contribution in [3.05, 3.63) is 10.1 Å². The summed E-state index contributed by atoms with van der Waals surface area (Å²) < 4.78 is 5.25. The molecule has 98 valence electrons. The summed E-state index contributed by atoms with van der Waals surface area (Å²) in [7, 11) is 0. The Morgan fingerprint density at radius 1 is 1.24 bits per heavy atom. The highest BCUT2D eigenvalue weighted by molar-refractivity contribution is 9.13. The van der Waals surface area contributed by atoms with Crippen LogP contribution >= 0.6 is 47.8 Å². The van der Waals surface area contributed by atoms with Crippen molar-refractivity contribution in [2.45, 2.75) is 50.0 Å². The molecule has 0 aromatic heterocycles. The fraction of sp³-hybridized carbons (Fsp3) is 0.750. The normalized spacial score (nSPS) is 24.4. The van der Waals surface area contributed by atoms with E-state index in [0.29, 0.717) is 9.81 Å². The lowest BCUT2D eigenvalue weighted by Gasteiger charge is -2.21. The van der Waals surface area contributed by atoms with Crippen molar-refractivity contribution in [3.8, 4) is 0 Å². The van der Waals surface area contributed by atoms with Gasteiger partial charge in [-0.2, -0.15) is 0 Å². The molecule has 1 rings (SSSR count). The van der Waals surface area contributed by atoms with Gasteiger partial charge >= 0.3 is 5.97 Å². The Morgan fingerprint density at radius 3 is 2.47 bits per heavy atom. The minimum atomic E-state index is -0.645. The average molecular weight is 433 g/mol. The van der Waals surface area contributed by atoms with Gasteiger partial charge in [-0.05, 0) is 44.7 Å². The van der Waals surface area contributed by atoms with Crippen LogP contribution in [0.25, 0.3) is 0 Å². The molecule has 1 aliphatic heterocycles. The fourth-order valence-electron chi connectivity index (χ4n) is 1.85. The van der Waals surface area contributed by atoms with Crippen LogP contribution < -0.4 is 0 Å². The lowest BCUT2D eigenvalue weighted by Crippen LogP contribution is -2.26. The van der Waals surface area contributed by atoms with E-state index in [2.05, 4.69) is 54.7 Å². The van der Waals surface area contributed by atoms with Crippen LogP contribution in [0.3, 0.4) is 0 Å². The monoisotopic (exact) mass is 430 g/mol. The summed E-state index contributed by atoms with van der Waals surface area (Å²) in [6.45, 7) is 2.21. The highest BCUT2D eigenvalue weighted by atomic mass is 79.9. The molecule has 1 atom stereocenters. The maximum Gasteiger partial charge on any atom is 0.347 e. The number of esters is 1. The van der Waals surface area contributed by atoms with Crippen LogP contribution in [0.5, 0.6) is 0 Å². The van der Waals surface area contributed by atoms with Crippen molar-refractivity contribution in [3.63, 3.8) is 0 Å². The van der Waals surface area contributed by atoms with Crippen molar-refractivity contribution in [2.24, 2.45) is 0 Å². The number of hydrogen-bond acceptors (Lipinski definition) is 2. The van der Waals surface area contributed by atoms with Crippen LogP contribution in [-0.4, -0.2) is 15.8 Å². The van der Waals surface area contributed by atoms with Gasteiger partial charge in [-0.1, -0.05) is 48.5 Å². The Balaban J connectivity index is 2.52. The van der Waals surface area contributed by atoms with Gasteiger partial charge in [0.2, 0.25) is 0 Å². The molecule has 0 aliphatic carbocycles. The summed E-state index contributed by atoms with van der Waals surface area (Å²) in [6.07, 6.45) is 7.00. The smallest absolute Gasteiger partial charge is 0.347 e. The second-order valence-corrected chi connectivity index (χ2v) is 6.84. The second-order valence-electron chi connectivity index (χ2n) is 4.21. The van der Waals surface area contributed by atoms with Gasteiger partial charge < -0.3 is 4.74 Å². The van der Waals surface area contributed by atoms with Gasteiger partial charge in [-0.25, -0.2) is 4.79 Å². The van der Waals surface area contributed by atoms with E-state index in [0.717, 1.165) is 18.4 Å². The number of carbonyl (C=O) groups is 1. The molecule has 1 unspecified atom stereocenters. The minimum Gasteiger partial charge on any atom is -0.438 e. The number of ether oxygens (including phenoxy) is 1. The summed E-state index contributed by atoms with van der Waals surface area (Å²) in [6, 6.07) is 0. The SMILES string of the molecule is CCCCCCCC1=C(Br)C(=O)OC1(Br)CBr. The lowest BCUT2D eigenvalue weighted by molar-refractivity contribution is -0.139. The standard InChI is InChI=1S/C12H17Br3O2/c1-2-3-4-5-6-7-9-10(14)11(16)17-12(9,15)8-13/h2-8H2,1H3. The van der Waals surface area contributed by atoms with E-state index in [4.69, 9.17) is 4.74 Å². The van der Waals surface area contributed by atoms with E-state index in [-0.39, 0.29) is 5.97 Å². The van der Waals surface area contributed by atoms with Gasteiger partial charge in [0.1, 0.15) is 4.48 Å². The number of unbranched alkanes of at least 4 members (excludes halogenated alkanes) is 4. The number of alkyl halides is 2.